The van der Waals surface area contributed by atoms with Crippen molar-refractivity contribution in [2.45, 2.75) is 12.8 Å². The van der Waals surface area contributed by atoms with E-state index in [0.29, 0.717) is 0 Å². The van der Waals surface area contributed by atoms with Gasteiger partial charge in [-0.05, 0) is 0 Å². The molecular formula is C8H10F2N2O. The second-order valence-corrected chi connectivity index (χ2v) is 2.77. The first kappa shape index (κ1) is 9.70. The largest absolute Gasteiger partial charge is 0.485 e. The topological polar surface area (TPSA) is 48.1 Å². The number of nitrogen functional groups attached to an aromatic ring is 1. The summed E-state index contributed by atoms with van der Waals surface area (Å²) in [6.07, 6.45) is 2.78. The average Bonchev–Trinajstić information content (AvgIpc) is 2.01. The number of nitrogens with zero attached hydrogens (tertiary/aromatic N) is 1. The SMILES string of the molecule is CC(F)(F)COc1ccncc1N. The summed E-state index contributed by atoms with van der Waals surface area (Å²) >= 11 is 0. The normalized spacial score (nSPS) is 11.3. The lowest BCUT2D eigenvalue weighted by Gasteiger charge is -2.12. The third-order valence-electron chi connectivity index (χ3n) is 1.29. The van der Waals surface area contributed by atoms with Crippen molar-refractivity contribution in [2.75, 3.05) is 12.3 Å². The zero-order valence-corrected chi connectivity index (χ0v) is 7.13. The summed E-state index contributed by atoms with van der Waals surface area (Å²) in [5, 5.41) is 0. The third kappa shape index (κ3) is 3.23. The van der Waals surface area contributed by atoms with Gasteiger partial charge in [0.15, 0.2) is 6.61 Å². The Morgan fingerprint density at radius 2 is 2.31 bits per heavy atom. The van der Waals surface area contributed by atoms with Crippen molar-refractivity contribution in [3.05, 3.63) is 18.5 Å². The lowest BCUT2D eigenvalue weighted by Crippen LogP contribution is -2.21. The second kappa shape index (κ2) is 3.55. The molecule has 0 saturated carbocycles. The Hall–Kier alpha value is -1.39. The van der Waals surface area contributed by atoms with E-state index in [2.05, 4.69) is 4.98 Å². The van der Waals surface area contributed by atoms with Crippen LogP contribution in [-0.4, -0.2) is 17.5 Å². The van der Waals surface area contributed by atoms with Crippen molar-refractivity contribution < 1.29 is 13.5 Å². The van der Waals surface area contributed by atoms with Crippen LogP contribution >= 0.6 is 0 Å². The number of hydrogen-bond acceptors (Lipinski definition) is 3. The number of aromatic nitrogens is 1. The van der Waals surface area contributed by atoms with Crippen LogP contribution in [0, 0.1) is 0 Å². The number of alkyl halides is 2. The monoisotopic (exact) mass is 188 g/mol. The first-order valence-electron chi connectivity index (χ1n) is 3.69. The van der Waals surface area contributed by atoms with Crippen molar-refractivity contribution in [1.82, 2.24) is 4.98 Å². The Morgan fingerprint density at radius 3 is 2.85 bits per heavy atom. The molecule has 0 radical (unpaired) electrons. The predicted octanol–water partition coefficient (Wildman–Crippen LogP) is 1.70. The lowest BCUT2D eigenvalue weighted by atomic mass is 10.4. The average molecular weight is 188 g/mol. The number of hydrogen-bond donors (Lipinski definition) is 1. The van der Waals surface area contributed by atoms with Crippen molar-refractivity contribution in [3.63, 3.8) is 0 Å². The fraction of sp³-hybridized carbons (Fsp3) is 0.375. The number of rotatable bonds is 3. The molecule has 2 N–H and O–H groups in total. The maximum absolute atomic E-state index is 12.4. The van der Waals surface area contributed by atoms with Gasteiger partial charge in [-0.15, -0.1) is 0 Å². The third-order valence-corrected chi connectivity index (χ3v) is 1.29. The molecule has 13 heavy (non-hydrogen) atoms. The van der Waals surface area contributed by atoms with E-state index in [1.54, 1.807) is 0 Å². The van der Waals surface area contributed by atoms with Crippen LogP contribution in [-0.2, 0) is 0 Å². The number of nitrogens with two attached hydrogens (primary N) is 1. The maximum atomic E-state index is 12.4. The van der Waals surface area contributed by atoms with Gasteiger partial charge in [-0.25, -0.2) is 8.78 Å². The number of halogens is 2. The maximum Gasteiger partial charge on any atom is 0.278 e. The van der Waals surface area contributed by atoms with Crippen LogP contribution in [0.25, 0.3) is 0 Å². The van der Waals surface area contributed by atoms with Gasteiger partial charge in [0.05, 0.1) is 11.9 Å². The summed E-state index contributed by atoms with van der Waals surface area (Å²) in [6, 6.07) is 1.45. The van der Waals surface area contributed by atoms with E-state index in [-0.39, 0.29) is 11.4 Å². The molecular weight excluding hydrogens is 178 g/mol. The summed E-state index contributed by atoms with van der Waals surface area (Å²) in [5.41, 5.74) is 5.67. The molecule has 0 spiro atoms. The molecule has 1 heterocycles. The standard InChI is InChI=1S/C8H10F2N2O/c1-8(9,10)5-13-7-2-3-12-4-6(7)11/h2-4H,5,11H2,1H3. The van der Waals surface area contributed by atoms with Crippen LogP contribution in [0.4, 0.5) is 14.5 Å². The minimum Gasteiger partial charge on any atom is -0.485 e. The van der Waals surface area contributed by atoms with Crippen LogP contribution < -0.4 is 10.5 Å². The molecule has 0 bridgehead atoms. The molecule has 0 aromatic carbocycles. The van der Waals surface area contributed by atoms with Gasteiger partial charge < -0.3 is 10.5 Å². The van der Waals surface area contributed by atoms with E-state index in [0.717, 1.165) is 6.92 Å². The molecule has 0 aliphatic carbocycles. The quantitative estimate of drug-likeness (QED) is 0.785. The fourth-order valence-electron chi connectivity index (χ4n) is 0.730. The zero-order valence-electron chi connectivity index (χ0n) is 7.13. The minimum atomic E-state index is -2.85. The van der Waals surface area contributed by atoms with E-state index >= 15 is 0 Å². The highest BCUT2D eigenvalue weighted by molar-refractivity contribution is 5.49. The summed E-state index contributed by atoms with van der Waals surface area (Å²) in [6.45, 7) is 0.103. The molecule has 3 nitrogen and oxygen atoms in total. The molecule has 0 fully saturated rings. The highest BCUT2D eigenvalue weighted by Crippen LogP contribution is 2.21. The van der Waals surface area contributed by atoms with Crippen molar-refractivity contribution in [3.8, 4) is 5.75 Å². The van der Waals surface area contributed by atoms with Gasteiger partial charge >= 0.3 is 0 Å². The molecule has 1 rings (SSSR count). The lowest BCUT2D eigenvalue weighted by molar-refractivity contribution is -0.0227. The zero-order chi connectivity index (χ0) is 9.90. The van der Waals surface area contributed by atoms with Crippen LogP contribution in [0.5, 0.6) is 5.75 Å². The summed E-state index contributed by atoms with van der Waals surface area (Å²) < 4.78 is 29.5. The Labute approximate surface area is 74.5 Å². The molecule has 0 saturated heterocycles. The van der Waals surface area contributed by atoms with Gasteiger partial charge in [0.2, 0.25) is 0 Å². The fourth-order valence-corrected chi connectivity index (χ4v) is 0.730. The van der Waals surface area contributed by atoms with Crippen molar-refractivity contribution in [2.24, 2.45) is 0 Å². The van der Waals surface area contributed by atoms with Crippen LogP contribution in [0.1, 0.15) is 6.92 Å². The van der Waals surface area contributed by atoms with E-state index in [1.807, 2.05) is 0 Å². The summed E-state index contributed by atoms with van der Waals surface area (Å²) in [5.74, 6) is -2.62. The Bertz CT molecular complexity index is 286. The first-order valence-corrected chi connectivity index (χ1v) is 3.69. The number of ether oxygens (including phenoxy) is 1. The number of pyridine rings is 1. The predicted molar refractivity (Wildman–Crippen MR) is 44.8 cm³/mol. The van der Waals surface area contributed by atoms with Crippen LogP contribution in [0.15, 0.2) is 18.5 Å². The van der Waals surface area contributed by atoms with Gasteiger partial charge in [-0.1, -0.05) is 0 Å². The summed E-state index contributed by atoms with van der Waals surface area (Å²) in [7, 11) is 0. The van der Waals surface area contributed by atoms with Crippen molar-refractivity contribution in [1.29, 1.82) is 0 Å². The second-order valence-electron chi connectivity index (χ2n) is 2.77. The Morgan fingerprint density at radius 1 is 1.62 bits per heavy atom. The molecule has 72 valence electrons. The molecule has 0 aliphatic heterocycles. The van der Waals surface area contributed by atoms with E-state index < -0.39 is 12.5 Å². The van der Waals surface area contributed by atoms with Crippen molar-refractivity contribution >= 4 is 5.69 Å². The van der Waals surface area contributed by atoms with Gasteiger partial charge in [0, 0.05) is 19.2 Å². The Balaban J connectivity index is 2.60. The highest BCUT2D eigenvalue weighted by Gasteiger charge is 2.22. The molecule has 0 aliphatic rings. The molecule has 1 aromatic rings. The Kier molecular flexibility index (Phi) is 2.65. The van der Waals surface area contributed by atoms with E-state index in [4.69, 9.17) is 10.5 Å². The molecule has 1 aromatic heterocycles. The van der Waals surface area contributed by atoms with E-state index in [1.165, 1.54) is 18.5 Å². The number of anilines is 1. The molecule has 0 amide bonds. The minimum absolute atomic E-state index is 0.233. The van der Waals surface area contributed by atoms with Gasteiger partial charge in [0.25, 0.3) is 5.92 Å². The first-order chi connectivity index (χ1) is 5.99. The smallest absolute Gasteiger partial charge is 0.278 e. The summed E-state index contributed by atoms with van der Waals surface area (Å²) in [4.78, 5) is 3.70. The van der Waals surface area contributed by atoms with E-state index in [9.17, 15) is 8.78 Å². The molecule has 5 heteroatoms. The van der Waals surface area contributed by atoms with Gasteiger partial charge in [-0.3, -0.25) is 4.98 Å². The molecule has 0 atom stereocenters. The highest BCUT2D eigenvalue weighted by atomic mass is 19.3. The van der Waals surface area contributed by atoms with Crippen LogP contribution in [0.2, 0.25) is 0 Å². The molecule has 0 unspecified atom stereocenters. The van der Waals surface area contributed by atoms with Gasteiger partial charge in [-0.2, -0.15) is 0 Å². The van der Waals surface area contributed by atoms with Gasteiger partial charge in [0.1, 0.15) is 5.75 Å². The van der Waals surface area contributed by atoms with Crippen LogP contribution in [0.3, 0.4) is 0 Å².